The van der Waals surface area contributed by atoms with Crippen molar-refractivity contribution in [2.24, 2.45) is 0 Å². The molecular formula is C28H36N2O2S. The number of anilines is 1. The average Bonchev–Trinajstić information content (AvgIpc) is 3.24. The van der Waals surface area contributed by atoms with Gasteiger partial charge in [0.05, 0.1) is 10.7 Å². The van der Waals surface area contributed by atoms with Crippen molar-refractivity contribution in [2.75, 3.05) is 11.9 Å². The molecule has 0 spiro atoms. The highest BCUT2D eigenvalue weighted by Gasteiger charge is 2.26. The average molecular weight is 465 g/mol. The van der Waals surface area contributed by atoms with Crippen molar-refractivity contribution in [1.29, 1.82) is 0 Å². The van der Waals surface area contributed by atoms with E-state index in [9.17, 15) is 4.79 Å². The van der Waals surface area contributed by atoms with Gasteiger partial charge in [0.15, 0.2) is 6.61 Å². The van der Waals surface area contributed by atoms with E-state index in [0.29, 0.717) is 0 Å². The van der Waals surface area contributed by atoms with E-state index < -0.39 is 0 Å². The summed E-state index contributed by atoms with van der Waals surface area (Å²) >= 11 is 1.62. The summed E-state index contributed by atoms with van der Waals surface area (Å²) in [6.45, 7) is 15.3. The van der Waals surface area contributed by atoms with Crippen LogP contribution in [0.4, 0.5) is 5.69 Å². The maximum atomic E-state index is 12.7. The predicted molar refractivity (Wildman–Crippen MR) is 139 cm³/mol. The van der Waals surface area contributed by atoms with Crippen LogP contribution < -0.4 is 10.1 Å². The molecule has 0 bridgehead atoms. The van der Waals surface area contributed by atoms with Crippen LogP contribution in [-0.2, 0) is 15.6 Å². The third-order valence-electron chi connectivity index (χ3n) is 6.68. The number of thiazole rings is 1. The zero-order valence-electron chi connectivity index (χ0n) is 20.9. The van der Waals surface area contributed by atoms with Crippen LogP contribution in [0.15, 0.2) is 47.8 Å². The minimum absolute atomic E-state index is 0.0383. The summed E-state index contributed by atoms with van der Waals surface area (Å²) in [6, 6.07) is 14.2. The van der Waals surface area contributed by atoms with Gasteiger partial charge in [-0.25, -0.2) is 4.98 Å². The molecule has 0 saturated carbocycles. The number of ether oxygens (including phenoxy) is 1. The molecule has 1 N–H and O–H groups in total. The summed E-state index contributed by atoms with van der Waals surface area (Å²) in [7, 11) is 0. The number of hydrogen-bond donors (Lipinski definition) is 1. The molecule has 5 heteroatoms. The number of aromatic nitrogens is 1. The van der Waals surface area contributed by atoms with E-state index in [-0.39, 0.29) is 23.3 Å². The predicted octanol–water partition coefficient (Wildman–Crippen LogP) is 7.51. The van der Waals surface area contributed by atoms with Gasteiger partial charge in [0, 0.05) is 22.2 Å². The number of rotatable bonds is 9. The quantitative estimate of drug-likeness (QED) is 0.356. The third-order valence-corrected chi connectivity index (χ3v) is 7.45. The summed E-state index contributed by atoms with van der Waals surface area (Å²) in [5.41, 5.74) is 5.14. The molecule has 1 amide bonds. The Kier molecular flexibility index (Phi) is 7.63. The lowest BCUT2D eigenvalue weighted by Crippen LogP contribution is -2.24. The fourth-order valence-electron chi connectivity index (χ4n) is 3.59. The highest BCUT2D eigenvalue weighted by molar-refractivity contribution is 7.09. The molecule has 3 rings (SSSR count). The first-order valence-corrected chi connectivity index (χ1v) is 12.5. The molecule has 0 radical (unpaired) electrons. The van der Waals surface area contributed by atoms with Crippen molar-refractivity contribution in [1.82, 2.24) is 4.98 Å². The number of carbonyl (C=O) groups is 1. The molecule has 0 aliphatic carbocycles. The topological polar surface area (TPSA) is 51.2 Å². The smallest absolute Gasteiger partial charge is 0.262 e. The molecule has 0 unspecified atom stereocenters. The Morgan fingerprint density at radius 3 is 2.39 bits per heavy atom. The zero-order chi connectivity index (χ0) is 24.2. The first-order chi connectivity index (χ1) is 15.6. The van der Waals surface area contributed by atoms with Crippen molar-refractivity contribution in [3.05, 3.63) is 64.0 Å². The summed E-state index contributed by atoms with van der Waals surface area (Å²) < 4.78 is 6.06. The van der Waals surface area contributed by atoms with Gasteiger partial charge in [0.25, 0.3) is 5.91 Å². The maximum absolute atomic E-state index is 12.7. The number of benzene rings is 2. The second kappa shape index (κ2) is 10.1. The molecule has 0 saturated heterocycles. The van der Waals surface area contributed by atoms with Gasteiger partial charge in [-0.15, -0.1) is 11.3 Å². The summed E-state index contributed by atoms with van der Waals surface area (Å²) in [4.78, 5) is 17.2. The van der Waals surface area contributed by atoms with E-state index in [1.54, 1.807) is 11.3 Å². The van der Waals surface area contributed by atoms with Crippen molar-refractivity contribution < 1.29 is 9.53 Å². The van der Waals surface area contributed by atoms with Crippen molar-refractivity contribution in [3.63, 3.8) is 0 Å². The summed E-state index contributed by atoms with van der Waals surface area (Å²) in [5, 5.41) is 6.01. The van der Waals surface area contributed by atoms with Crippen LogP contribution in [0, 0.1) is 6.92 Å². The highest BCUT2D eigenvalue weighted by Crippen LogP contribution is 2.38. The van der Waals surface area contributed by atoms with Crippen LogP contribution in [0.2, 0.25) is 0 Å². The van der Waals surface area contributed by atoms with Crippen LogP contribution in [0.3, 0.4) is 0 Å². The van der Waals surface area contributed by atoms with Gasteiger partial charge in [-0.3, -0.25) is 4.79 Å². The molecule has 176 valence electrons. The van der Waals surface area contributed by atoms with Gasteiger partial charge < -0.3 is 10.1 Å². The van der Waals surface area contributed by atoms with Gasteiger partial charge in [0.1, 0.15) is 5.75 Å². The van der Waals surface area contributed by atoms with E-state index in [0.717, 1.165) is 46.1 Å². The summed E-state index contributed by atoms with van der Waals surface area (Å²) in [6.07, 6.45) is 2.04. The fraction of sp³-hybridized carbons (Fsp3) is 0.429. The van der Waals surface area contributed by atoms with Gasteiger partial charge >= 0.3 is 0 Å². The van der Waals surface area contributed by atoms with Crippen molar-refractivity contribution in [3.8, 4) is 17.0 Å². The Balaban J connectivity index is 1.75. The van der Waals surface area contributed by atoms with E-state index in [1.807, 2.05) is 42.6 Å². The van der Waals surface area contributed by atoms with Crippen LogP contribution in [0.1, 0.15) is 70.5 Å². The van der Waals surface area contributed by atoms with Crippen LogP contribution in [-0.4, -0.2) is 17.5 Å². The SMILES string of the molecule is CCC(C)(C)c1ccc(OCC(=O)Nc2cccc(-c3csc(C)n3)c2)c(C(C)(C)CC)c1. The lowest BCUT2D eigenvalue weighted by molar-refractivity contribution is -0.118. The van der Waals surface area contributed by atoms with E-state index >= 15 is 0 Å². The molecule has 0 aliphatic heterocycles. The van der Waals surface area contributed by atoms with Gasteiger partial charge in [-0.05, 0) is 54.4 Å². The van der Waals surface area contributed by atoms with Gasteiger partial charge in [-0.1, -0.05) is 65.8 Å². The van der Waals surface area contributed by atoms with Gasteiger partial charge in [0.2, 0.25) is 0 Å². The standard InChI is InChI=1S/C28H36N2O2S/c1-8-27(4,5)21-13-14-25(23(16-21)28(6,7)9-2)32-17-26(31)30-22-12-10-11-20(15-22)24-18-33-19(3)29-24/h10-16,18H,8-9,17H2,1-7H3,(H,30,31). The Hall–Kier alpha value is -2.66. The number of nitrogens with one attached hydrogen (secondary N) is 1. The monoisotopic (exact) mass is 464 g/mol. The first kappa shape index (κ1) is 25.0. The molecule has 1 heterocycles. The number of hydrogen-bond acceptors (Lipinski definition) is 4. The largest absolute Gasteiger partial charge is 0.483 e. The molecule has 2 aromatic carbocycles. The minimum atomic E-state index is -0.181. The normalized spacial score (nSPS) is 12.0. The third kappa shape index (κ3) is 6.02. The van der Waals surface area contributed by atoms with Crippen molar-refractivity contribution in [2.45, 2.75) is 72.1 Å². The molecular weight excluding hydrogens is 428 g/mol. The minimum Gasteiger partial charge on any atom is -0.483 e. The second-order valence-corrected chi connectivity index (χ2v) is 10.9. The number of nitrogens with zero attached hydrogens (tertiary/aromatic N) is 1. The van der Waals surface area contributed by atoms with Gasteiger partial charge in [-0.2, -0.15) is 0 Å². The molecule has 0 aliphatic rings. The number of carbonyl (C=O) groups excluding carboxylic acids is 1. The molecule has 4 nitrogen and oxygen atoms in total. The lowest BCUT2D eigenvalue weighted by Gasteiger charge is -2.30. The fourth-order valence-corrected chi connectivity index (χ4v) is 4.21. The summed E-state index contributed by atoms with van der Waals surface area (Å²) in [5.74, 6) is 0.596. The molecule has 0 atom stereocenters. The number of aryl methyl sites for hydroxylation is 1. The van der Waals surface area contributed by atoms with E-state index in [2.05, 4.69) is 64.0 Å². The van der Waals surface area contributed by atoms with Crippen LogP contribution in [0.5, 0.6) is 5.75 Å². The Morgan fingerprint density at radius 1 is 1.03 bits per heavy atom. The molecule has 1 aromatic heterocycles. The Labute approximate surface area is 202 Å². The zero-order valence-corrected chi connectivity index (χ0v) is 21.7. The number of amides is 1. The lowest BCUT2D eigenvalue weighted by atomic mass is 9.76. The van der Waals surface area contributed by atoms with Crippen LogP contribution >= 0.6 is 11.3 Å². The Morgan fingerprint density at radius 2 is 1.76 bits per heavy atom. The van der Waals surface area contributed by atoms with Crippen molar-refractivity contribution >= 4 is 22.9 Å². The van der Waals surface area contributed by atoms with Crippen LogP contribution in [0.25, 0.3) is 11.3 Å². The van der Waals surface area contributed by atoms with E-state index in [4.69, 9.17) is 4.74 Å². The van der Waals surface area contributed by atoms with E-state index in [1.165, 1.54) is 5.56 Å². The Bertz CT molecular complexity index is 1110. The molecule has 3 aromatic rings. The molecule has 33 heavy (non-hydrogen) atoms. The maximum Gasteiger partial charge on any atom is 0.262 e. The second-order valence-electron chi connectivity index (χ2n) is 9.86. The first-order valence-electron chi connectivity index (χ1n) is 11.7. The molecule has 0 fully saturated rings. The highest BCUT2D eigenvalue weighted by atomic mass is 32.1.